The van der Waals surface area contributed by atoms with E-state index in [4.69, 9.17) is 5.73 Å². The summed E-state index contributed by atoms with van der Waals surface area (Å²) in [5.41, 5.74) is 10.6. The second-order valence-electron chi connectivity index (χ2n) is 5.91. The molecule has 0 aliphatic rings. The first-order chi connectivity index (χ1) is 12.7. The van der Waals surface area contributed by atoms with Gasteiger partial charge in [-0.05, 0) is 35.9 Å². The van der Waals surface area contributed by atoms with E-state index in [1.165, 1.54) is 6.20 Å². The van der Waals surface area contributed by atoms with E-state index >= 15 is 0 Å². The molecule has 26 heavy (non-hydrogen) atoms. The molecule has 2 aromatic heterocycles. The highest BCUT2D eigenvalue weighted by molar-refractivity contribution is 5.98. The maximum atomic E-state index is 11.4. The number of imidazole rings is 1. The van der Waals surface area contributed by atoms with E-state index in [1.54, 1.807) is 12.3 Å². The Kier molecular flexibility index (Phi) is 4.07. The van der Waals surface area contributed by atoms with Crippen molar-refractivity contribution >= 4 is 22.6 Å². The molecule has 2 heterocycles. The van der Waals surface area contributed by atoms with Gasteiger partial charge in [0.1, 0.15) is 6.33 Å². The summed E-state index contributed by atoms with van der Waals surface area (Å²) >= 11 is 0. The van der Waals surface area contributed by atoms with E-state index in [1.807, 2.05) is 54.9 Å². The second-order valence-corrected chi connectivity index (χ2v) is 5.91. The van der Waals surface area contributed by atoms with Crippen molar-refractivity contribution in [3.63, 3.8) is 0 Å². The highest BCUT2D eigenvalue weighted by atomic mass is 16.1. The number of rotatable bonds is 5. The fourth-order valence-electron chi connectivity index (χ4n) is 2.88. The van der Waals surface area contributed by atoms with Gasteiger partial charge in [0.05, 0.1) is 22.3 Å². The molecule has 0 aliphatic carbocycles. The Balaban J connectivity index is 1.53. The standard InChI is InChI=1S/C20H17N5O/c21-20(26)16-12-22-10-9-17(16)23-11-14-5-7-15(8-6-14)25-13-24-18-3-1-2-4-19(18)25/h1-10,12-13H,11H2,(H2,21,26)(H,22,23). The van der Waals surface area contributed by atoms with Crippen LogP contribution in [0.1, 0.15) is 15.9 Å². The molecule has 6 heteroatoms. The monoisotopic (exact) mass is 343 g/mol. The van der Waals surface area contributed by atoms with E-state index in [9.17, 15) is 4.79 Å². The Morgan fingerprint density at radius 3 is 2.69 bits per heavy atom. The fourth-order valence-corrected chi connectivity index (χ4v) is 2.88. The van der Waals surface area contributed by atoms with Crippen molar-refractivity contribution < 1.29 is 4.79 Å². The van der Waals surface area contributed by atoms with Crippen LogP contribution in [0, 0.1) is 0 Å². The first kappa shape index (κ1) is 15.8. The molecule has 128 valence electrons. The van der Waals surface area contributed by atoms with Gasteiger partial charge in [-0.2, -0.15) is 0 Å². The minimum Gasteiger partial charge on any atom is -0.380 e. The van der Waals surface area contributed by atoms with E-state index in [0.717, 1.165) is 22.3 Å². The van der Waals surface area contributed by atoms with Gasteiger partial charge in [-0.15, -0.1) is 0 Å². The lowest BCUT2D eigenvalue weighted by Crippen LogP contribution is -2.14. The third-order valence-electron chi connectivity index (χ3n) is 4.24. The molecule has 6 nitrogen and oxygen atoms in total. The molecule has 0 saturated carbocycles. The summed E-state index contributed by atoms with van der Waals surface area (Å²) in [6, 6.07) is 18.0. The van der Waals surface area contributed by atoms with Crippen LogP contribution in [0.2, 0.25) is 0 Å². The molecule has 0 bridgehead atoms. The van der Waals surface area contributed by atoms with Gasteiger partial charge in [0.2, 0.25) is 0 Å². The number of benzene rings is 2. The van der Waals surface area contributed by atoms with Crippen molar-refractivity contribution in [2.45, 2.75) is 6.54 Å². The summed E-state index contributed by atoms with van der Waals surface area (Å²) in [5.74, 6) is -0.497. The summed E-state index contributed by atoms with van der Waals surface area (Å²) in [6.07, 6.45) is 4.92. The number of aromatic nitrogens is 3. The van der Waals surface area contributed by atoms with Crippen LogP contribution in [-0.2, 0) is 6.54 Å². The summed E-state index contributed by atoms with van der Waals surface area (Å²) in [7, 11) is 0. The number of nitrogens with two attached hydrogens (primary N) is 1. The molecule has 3 N–H and O–H groups in total. The normalized spacial score (nSPS) is 10.8. The minimum absolute atomic E-state index is 0.383. The number of anilines is 1. The molecular formula is C20H17N5O. The lowest BCUT2D eigenvalue weighted by Gasteiger charge is -2.10. The first-order valence-corrected chi connectivity index (χ1v) is 8.21. The molecule has 0 atom stereocenters. The van der Waals surface area contributed by atoms with E-state index in [0.29, 0.717) is 17.8 Å². The van der Waals surface area contributed by atoms with Crippen LogP contribution in [0.5, 0.6) is 0 Å². The van der Waals surface area contributed by atoms with Crippen LogP contribution in [0.15, 0.2) is 73.3 Å². The van der Waals surface area contributed by atoms with Crippen molar-refractivity contribution in [3.05, 3.63) is 84.4 Å². The highest BCUT2D eigenvalue weighted by Gasteiger charge is 2.08. The van der Waals surface area contributed by atoms with E-state index in [2.05, 4.69) is 19.9 Å². The van der Waals surface area contributed by atoms with Crippen LogP contribution in [0.4, 0.5) is 5.69 Å². The zero-order valence-corrected chi connectivity index (χ0v) is 14.0. The second kappa shape index (κ2) is 6.68. The van der Waals surface area contributed by atoms with Gasteiger partial charge in [-0.25, -0.2) is 4.98 Å². The van der Waals surface area contributed by atoms with Crippen LogP contribution in [-0.4, -0.2) is 20.4 Å². The number of hydrogen-bond acceptors (Lipinski definition) is 4. The molecule has 0 spiro atoms. The van der Waals surface area contributed by atoms with E-state index in [-0.39, 0.29) is 0 Å². The molecule has 0 aliphatic heterocycles. The quantitative estimate of drug-likeness (QED) is 0.583. The lowest BCUT2D eigenvalue weighted by atomic mass is 10.1. The van der Waals surface area contributed by atoms with Gasteiger partial charge in [0.25, 0.3) is 5.91 Å². The number of amides is 1. The largest absolute Gasteiger partial charge is 0.380 e. The van der Waals surface area contributed by atoms with E-state index < -0.39 is 5.91 Å². The van der Waals surface area contributed by atoms with Gasteiger partial charge in [-0.3, -0.25) is 14.3 Å². The highest BCUT2D eigenvalue weighted by Crippen LogP contribution is 2.19. The molecule has 0 unspecified atom stereocenters. The van der Waals surface area contributed by atoms with Crippen molar-refractivity contribution in [1.82, 2.24) is 14.5 Å². The predicted molar refractivity (Wildman–Crippen MR) is 101 cm³/mol. The minimum atomic E-state index is -0.497. The Morgan fingerprint density at radius 2 is 1.88 bits per heavy atom. The van der Waals surface area contributed by atoms with Crippen LogP contribution in [0.3, 0.4) is 0 Å². The predicted octanol–water partition coefficient (Wildman–Crippen LogP) is 3.13. The number of primary amides is 1. The van der Waals surface area contributed by atoms with Gasteiger partial charge in [0.15, 0.2) is 0 Å². The Bertz CT molecular complexity index is 1070. The van der Waals surface area contributed by atoms with Crippen molar-refractivity contribution in [3.8, 4) is 5.69 Å². The van der Waals surface area contributed by atoms with Gasteiger partial charge in [0, 0.05) is 24.6 Å². The molecule has 0 fully saturated rings. The molecule has 0 radical (unpaired) electrons. The summed E-state index contributed by atoms with van der Waals surface area (Å²) in [5, 5.41) is 3.23. The molecule has 4 rings (SSSR count). The molecular weight excluding hydrogens is 326 g/mol. The summed E-state index contributed by atoms with van der Waals surface area (Å²) < 4.78 is 2.06. The molecule has 0 saturated heterocycles. The number of nitrogens with zero attached hydrogens (tertiary/aromatic N) is 3. The number of para-hydroxylation sites is 2. The van der Waals surface area contributed by atoms with Crippen LogP contribution >= 0.6 is 0 Å². The molecule has 1 amide bonds. The Morgan fingerprint density at radius 1 is 1.08 bits per heavy atom. The number of nitrogens with one attached hydrogen (secondary N) is 1. The number of carbonyl (C=O) groups is 1. The summed E-state index contributed by atoms with van der Waals surface area (Å²) in [4.78, 5) is 19.8. The van der Waals surface area contributed by atoms with Crippen molar-refractivity contribution in [2.24, 2.45) is 5.73 Å². The molecule has 4 aromatic rings. The lowest BCUT2D eigenvalue weighted by molar-refractivity contribution is 0.100. The Hall–Kier alpha value is -3.67. The van der Waals surface area contributed by atoms with Crippen LogP contribution in [0.25, 0.3) is 16.7 Å². The smallest absolute Gasteiger partial charge is 0.252 e. The first-order valence-electron chi connectivity index (χ1n) is 8.21. The average molecular weight is 343 g/mol. The number of hydrogen-bond donors (Lipinski definition) is 2. The molecule has 2 aromatic carbocycles. The number of fused-ring (bicyclic) bond motifs is 1. The average Bonchev–Trinajstić information content (AvgIpc) is 3.11. The summed E-state index contributed by atoms with van der Waals surface area (Å²) in [6.45, 7) is 0.579. The number of carbonyl (C=O) groups excluding carboxylic acids is 1. The maximum Gasteiger partial charge on any atom is 0.252 e. The van der Waals surface area contributed by atoms with Gasteiger partial charge in [-0.1, -0.05) is 24.3 Å². The van der Waals surface area contributed by atoms with Crippen LogP contribution < -0.4 is 11.1 Å². The zero-order chi connectivity index (χ0) is 17.9. The third-order valence-corrected chi connectivity index (χ3v) is 4.24. The number of pyridine rings is 1. The fraction of sp³-hybridized carbons (Fsp3) is 0.0500. The maximum absolute atomic E-state index is 11.4. The SMILES string of the molecule is NC(=O)c1cnccc1NCc1ccc(-n2cnc3ccccc32)cc1. The van der Waals surface area contributed by atoms with Crippen molar-refractivity contribution in [2.75, 3.05) is 5.32 Å². The topological polar surface area (TPSA) is 85.8 Å². The Labute approximate surface area is 150 Å². The third kappa shape index (κ3) is 3.00. The van der Waals surface area contributed by atoms with Crippen molar-refractivity contribution in [1.29, 1.82) is 0 Å². The zero-order valence-electron chi connectivity index (χ0n) is 14.0. The van der Waals surface area contributed by atoms with Gasteiger partial charge >= 0.3 is 0 Å². The van der Waals surface area contributed by atoms with Gasteiger partial charge < -0.3 is 11.1 Å².